The van der Waals surface area contributed by atoms with Gasteiger partial charge in [-0.3, -0.25) is 14.5 Å². The standard InChI is InChI=1S/C27H26BrN3O4S/c1-34-22-11-3-18(4-12-22)15-16-30-24(17-25(32)29-20-7-5-19(28)6-8-20)26(33)31(27(30)36)21-9-13-23(35-2)14-10-21/h3-14,24H,15-17H2,1-2H3,(H,29,32). The van der Waals surface area contributed by atoms with Crippen LogP contribution in [0.15, 0.2) is 77.3 Å². The molecule has 1 atom stereocenters. The minimum Gasteiger partial charge on any atom is -0.497 e. The van der Waals surface area contributed by atoms with Gasteiger partial charge in [0.25, 0.3) is 5.91 Å². The molecule has 36 heavy (non-hydrogen) atoms. The summed E-state index contributed by atoms with van der Waals surface area (Å²) in [6, 6.07) is 21.5. The minimum atomic E-state index is -0.715. The highest BCUT2D eigenvalue weighted by atomic mass is 79.9. The predicted octanol–water partition coefficient (Wildman–Crippen LogP) is 5.04. The molecule has 3 aromatic carbocycles. The Morgan fingerprint density at radius 1 is 0.944 bits per heavy atom. The lowest BCUT2D eigenvalue weighted by Gasteiger charge is -2.24. The fraction of sp³-hybridized carbons (Fsp3) is 0.222. The molecule has 1 aliphatic heterocycles. The third-order valence-corrected chi connectivity index (χ3v) is 6.90. The molecular formula is C27H26BrN3O4S. The van der Waals surface area contributed by atoms with Crippen molar-refractivity contribution in [2.75, 3.05) is 31.0 Å². The Hall–Kier alpha value is -3.43. The third-order valence-electron chi connectivity index (χ3n) is 5.96. The number of thiocarbonyl (C=S) groups is 1. The Morgan fingerprint density at radius 2 is 1.53 bits per heavy atom. The van der Waals surface area contributed by atoms with Gasteiger partial charge in [0.15, 0.2) is 5.11 Å². The monoisotopic (exact) mass is 567 g/mol. The van der Waals surface area contributed by atoms with Crippen LogP contribution in [-0.2, 0) is 16.0 Å². The Balaban J connectivity index is 1.54. The highest BCUT2D eigenvalue weighted by Gasteiger charge is 2.43. The lowest BCUT2D eigenvalue weighted by atomic mass is 10.1. The van der Waals surface area contributed by atoms with Crippen molar-refractivity contribution in [1.82, 2.24) is 4.90 Å². The molecule has 186 valence electrons. The second-order valence-corrected chi connectivity index (χ2v) is 9.50. The van der Waals surface area contributed by atoms with E-state index >= 15 is 0 Å². The molecule has 1 heterocycles. The van der Waals surface area contributed by atoms with Crippen LogP contribution in [0.5, 0.6) is 11.5 Å². The second kappa shape index (κ2) is 11.5. The van der Waals surface area contributed by atoms with E-state index in [-0.39, 0.29) is 18.2 Å². The highest BCUT2D eigenvalue weighted by Crippen LogP contribution is 2.29. The molecule has 0 spiro atoms. The van der Waals surface area contributed by atoms with Gasteiger partial charge in [0.2, 0.25) is 5.91 Å². The lowest BCUT2D eigenvalue weighted by Crippen LogP contribution is -2.39. The normalized spacial score (nSPS) is 15.2. The maximum absolute atomic E-state index is 13.6. The summed E-state index contributed by atoms with van der Waals surface area (Å²) >= 11 is 9.14. The van der Waals surface area contributed by atoms with Crippen molar-refractivity contribution < 1.29 is 19.1 Å². The topological polar surface area (TPSA) is 71.1 Å². The summed E-state index contributed by atoms with van der Waals surface area (Å²) in [6.07, 6.45) is 0.628. The summed E-state index contributed by atoms with van der Waals surface area (Å²) in [7, 11) is 3.21. The van der Waals surface area contributed by atoms with Crippen LogP contribution in [-0.4, -0.2) is 48.6 Å². The summed E-state index contributed by atoms with van der Waals surface area (Å²) in [5, 5.41) is 3.25. The Labute approximate surface area is 224 Å². The van der Waals surface area contributed by atoms with E-state index in [0.29, 0.717) is 35.2 Å². The Morgan fingerprint density at radius 3 is 2.11 bits per heavy atom. The van der Waals surface area contributed by atoms with Crippen molar-refractivity contribution in [3.05, 3.63) is 82.8 Å². The van der Waals surface area contributed by atoms with Gasteiger partial charge in [-0.2, -0.15) is 0 Å². The fourth-order valence-electron chi connectivity index (χ4n) is 4.02. The Kier molecular flexibility index (Phi) is 8.22. The van der Waals surface area contributed by atoms with Crippen molar-refractivity contribution in [3.63, 3.8) is 0 Å². The van der Waals surface area contributed by atoms with E-state index in [1.54, 1.807) is 50.6 Å². The van der Waals surface area contributed by atoms with Gasteiger partial charge in [0.05, 0.1) is 26.3 Å². The first-order valence-corrected chi connectivity index (χ1v) is 12.6. The predicted molar refractivity (Wildman–Crippen MR) is 148 cm³/mol. The number of hydrogen-bond acceptors (Lipinski definition) is 5. The molecule has 1 aliphatic rings. The van der Waals surface area contributed by atoms with Gasteiger partial charge < -0.3 is 19.7 Å². The number of carbonyl (C=O) groups excluding carboxylic acids is 2. The van der Waals surface area contributed by atoms with Crippen LogP contribution in [0.1, 0.15) is 12.0 Å². The molecule has 1 unspecified atom stereocenters. The van der Waals surface area contributed by atoms with E-state index in [1.165, 1.54) is 4.90 Å². The van der Waals surface area contributed by atoms with Gasteiger partial charge in [-0.15, -0.1) is 0 Å². The summed E-state index contributed by atoms with van der Waals surface area (Å²) in [5.41, 5.74) is 2.37. The van der Waals surface area contributed by atoms with E-state index in [9.17, 15) is 9.59 Å². The maximum Gasteiger partial charge on any atom is 0.256 e. The zero-order valence-electron chi connectivity index (χ0n) is 19.9. The molecule has 0 bridgehead atoms. The number of halogens is 1. The van der Waals surface area contributed by atoms with E-state index in [0.717, 1.165) is 15.8 Å². The average molecular weight is 568 g/mol. The van der Waals surface area contributed by atoms with Crippen LogP contribution in [0.3, 0.4) is 0 Å². The van der Waals surface area contributed by atoms with Gasteiger partial charge in [0.1, 0.15) is 17.5 Å². The summed E-state index contributed by atoms with van der Waals surface area (Å²) in [4.78, 5) is 29.8. The van der Waals surface area contributed by atoms with Crippen molar-refractivity contribution in [2.45, 2.75) is 18.9 Å². The number of carbonyl (C=O) groups is 2. The van der Waals surface area contributed by atoms with Crippen LogP contribution >= 0.6 is 28.1 Å². The molecule has 0 aromatic heterocycles. The number of rotatable bonds is 9. The third kappa shape index (κ3) is 5.85. The minimum absolute atomic E-state index is 0.0235. The van der Waals surface area contributed by atoms with Crippen molar-refractivity contribution in [3.8, 4) is 11.5 Å². The highest BCUT2D eigenvalue weighted by molar-refractivity contribution is 9.10. The summed E-state index contributed by atoms with van der Waals surface area (Å²) in [6.45, 7) is 0.486. The molecule has 3 aromatic rings. The van der Waals surface area contributed by atoms with Crippen LogP contribution < -0.4 is 19.7 Å². The van der Waals surface area contributed by atoms with Crippen molar-refractivity contribution in [2.24, 2.45) is 0 Å². The number of hydrogen-bond donors (Lipinski definition) is 1. The van der Waals surface area contributed by atoms with Crippen LogP contribution in [0, 0.1) is 0 Å². The zero-order chi connectivity index (χ0) is 25.7. The number of nitrogens with zero attached hydrogens (tertiary/aromatic N) is 2. The average Bonchev–Trinajstić information content (AvgIpc) is 3.12. The number of nitrogens with one attached hydrogen (secondary N) is 1. The lowest BCUT2D eigenvalue weighted by molar-refractivity contribution is -0.124. The first-order valence-electron chi connectivity index (χ1n) is 11.4. The SMILES string of the molecule is COc1ccc(CCN2C(=S)N(c3ccc(OC)cc3)C(=O)C2CC(=O)Nc2ccc(Br)cc2)cc1. The van der Waals surface area contributed by atoms with Gasteiger partial charge in [-0.1, -0.05) is 28.1 Å². The van der Waals surface area contributed by atoms with E-state index in [1.807, 2.05) is 41.3 Å². The molecular weight excluding hydrogens is 542 g/mol. The first kappa shape index (κ1) is 25.7. The number of anilines is 2. The van der Waals surface area contributed by atoms with Gasteiger partial charge in [-0.05, 0) is 84.9 Å². The van der Waals surface area contributed by atoms with E-state index < -0.39 is 6.04 Å². The molecule has 0 radical (unpaired) electrons. The molecule has 1 N–H and O–H groups in total. The molecule has 7 nitrogen and oxygen atoms in total. The number of ether oxygens (including phenoxy) is 2. The smallest absolute Gasteiger partial charge is 0.256 e. The quantitative estimate of drug-likeness (QED) is 0.365. The first-order chi connectivity index (χ1) is 17.4. The molecule has 9 heteroatoms. The van der Waals surface area contributed by atoms with Crippen molar-refractivity contribution >= 4 is 56.4 Å². The largest absolute Gasteiger partial charge is 0.497 e. The summed E-state index contributed by atoms with van der Waals surface area (Å²) in [5.74, 6) is 0.965. The molecule has 1 saturated heterocycles. The molecule has 2 amide bonds. The van der Waals surface area contributed by atoms with Crippen LogP contribution in [0.2, 0.25) is 0 Å². The number of amides is 2. The molecule has 1 fully saturated rings. The molecule has 0 saturated carbocycles. The molecule has 0 aliphatic carbocycles. The van der Waals surface area contributed by atoms with Crippen LogP contribution in [0.25, 0.3) is 0 Å². The van der Waals surface area contributed by atoms with Gasteiger partial charge in [0, 0.05) is 16.7 Å². The van der Waals surface area contributed by atoms with Gasteiger partial charge >= 0.3 is 0 Å². The molecule has 4 rings (SSSR count). The fourth-order valence-corrected chi connectivity index (χ4v) is 4.70. The zero-order valence-corrected chi connectivity index (χ0v) is 22.3. The summed E-state index contributed by atoms with van der Waals surface area (Å²) < 4.78 is 11.4. The van der Waals surface area contributed by atoms with Crippen LogP contribution in [0.4, 0.5) is 11.4 Å². The maximum atomic E-state index is 13.6. The Bertz CT molecular complexity index is 1230. The van der Waals surface area contributed by atoms with Gasteiger partial charge in [-0.25, -0.2) is 0 Å². The number of benzene rings is 3. The second-order valence-electron chi connectivity index (χ2n) is 8.22. The van der Waals surface area contributed by atoms with E-state index in [2.05, 4.69) is 21.2 Å². The van der Waals surface area contributed by atoms with E-state index in [4.69, 9.17) is 21.7 Å². The van der Waals surface area contributed by atoms with Crippen molar-refractivity contribution in [1.29, 1.82) is 0 Å². The number of methoxy groups -OCH3 is 2.